The Balaban J connectivity index is 1.40. The Bertz CT molecular complexity index is 1720. The van der Waals surface area contributed by atoms with Crippen molar-refractivity contribution in [2.45, 2.75) is 44.7 Å². The summed E-state index contributed by atoms with van der Waals surface area (Å²) in [6.07, 6.45) is -0.298. The molecule has 8 nitrogen and oxygen atoms in total. The molecule has 1 atom stereocenters. The summed E-state index contributed by atoms with van der Waals surface area (Å²) in [5, 5.41) is 2.92. The summed E-state index contributed by atoms with van der Waals surface area (Å²) in [4.78, 5) is 28.9. The van der Waals surface area contributed by atoms with Crippen LogP contribution in [0.3, 0.4) is 0 Å². The Morgan fingerprint density at radius 3 is 2.11 bits per heavy atom. The predicted molar refractivity (Wildman–Crippen MR) is 171 cm³/mol. The van der Waals surface area contributed by atoms with Crippen molar-refractivity contribution in [2.24, 2.45) is 0 Å². The maximum Gasteiger partial charge on any atom is 0.262 e. The average Bonchev–Trinajstić information content (AvgIpc) is 3.00. The van der Waals surface area contributed by atoms with Gasteiger partial charge in [0.1, 0.15) is 5.75 Å². The zero-order valence-corrected chi connectivity index (χ0v) is 26.0. The number of benzene rings is 4. The van der Waals surface area contributed by atoms with Crippen LogP contribution in [0.25, 0.3) is 0 Å². The molecule has 5 rings (SSSR count). The number of amides is 2. The van der Waals surface area contributed by atoms with Gasteiger partial charge in [-0.3, -0.25) is 9.59 Å². The number of hydrogen-bond acceptors (Lipinski definition) is 5. The Kier molecular flexibility index (Phi) is 9.46. The van der Waals surface area contributed by atoms with Crippen molar-refractivity contribution in [1.29, 1.82) is 0 Å². The van der Waals surface area contributed by atoms with Gasteiger partial charge in [0.25, 0.3) is 5.91 Å². The van der Waals surface area contributed by atoms with Gasteiger partial charge in [-0.05, 0) is 61.6 Å². The van der Waals surface area contributed by atoms with Gasteiger partial charge in [0.05, 0.1) is 23.7 Å². The van der Waals surface area contributed by atoms with Crippen LogP contribution >= 0.6 is 0 Å². The van der Waals surface area contributed by atoms with Gasteiger partial charge in [0.2, 0.25) is 15.9 Å². The normalized spacial score (nSPS) is 14.5. The highest BCUT2D eigenvalue weighted by Gasteiger charge is 2.37. The van der Waals surface area contributed by atoms with Crippen LogP contribution in [0.4, 0.5) is 5.69 Å². The molecule has 0 aromatic heterocycles. The topological polar surface area (TPSA) is 96.0 Å². The molecule has 0 saturated heterocycles. The highest BCUT2D eigenvalue weighted by atomic mass is 32.2. The summed E-state index contributed by atoms with van der Waals surface area (Å²) in [5.41, 5.74) is 4.55. The minimum absolute atomic E-state index is 0.0110. The lowest BCUT2D eigenvalue weighted by Gasteiger charge is -2.35. The first-order chi connectivity index (χ1) is 21.1. The van der Waals surface area contributed by atoms with Crippen molar-refractivity contribution in [3.05, 3.63) is 125 Å². The van der Waals surface area contributed by atoms with Gasteiger partial charge < -0.3 is 15.0 Å². The third kappa shape index (κ3) is 7.01. The Labute approximate surface area is 259 Å². The summed E-state index contributed by atoms with van der Waals surface area (Å²) in [5.74, 6) is -0.407. The van der Waals surface area contributed by atoms with Gasteiger partial charge in [-0.15, -0.1) is 0 Å². The molecule has 0 radical (unpaired) electrons. The zero-order valence-electron chi connectivity index (χ0n) is 25.2. The van der Waals surface area contributed by atoms with E-state index in [9.17, 15) is 18.0 Å². The van der Waals surface area contributed by atoms with Crippen LogP contribution in [-0.2, 0) is 32.6 Å². The van der Waals surface area contributed by atoms with Crippen molar-refractivity contribution in [3.63, 3.8) is 0 Å². The van der Waals surface area contributed by atoms with E-state index in [1.807, 2.05) is 79.7 Å². The van der Waals surface area contributed by atoms with Crippen LogP contribution in [-0.4, -0.2) is 50.3 Å². The number of rotatable bonds is 10. The number of nitrogens with one attached hydrogen (secondary N) is 1. The summed E-state index contributed by atoms with van der Waals surface area (Å²) in [7, 11) is -4.08. The minimum Gasteiger partial charge on any atom is -0.477 e. The molecule has 0 saturated carbocycles. The largest absolute Gasteiger partial charge is 0.477 e. The fourth-order valence-corrected chi connectivity index (χ4v) is 7.44. The molecule has 0 unspecified atom stereocenters. The molecule has 1 aliphatic heterocycles. The molecular weight excluding hydrogens is 574 g/mol. The maximum absolute atomic E-state index is 14.2. The van der Waals surface area contributed by atoms with Crippen molar-refractivity contribution in [3.8, 4) is 5.75 Å². The van der Waals surface area contributed by atoms with Gasteiger partial charge in [-0.25, -0.2) is 8.42 Å². The Hall–Kier alpha value is -4.47. The lowest BCUT2D eigenvalue weighted by molar-refractivity contribution is -0.128. The van der Waals surface area contributed by atoms with E-state index in [-0.39, 0.29) is 23.9 Å². The van der Waals surface area contributed by atoms with Crippen molar-refractivity contribution < 1.29 is 22.7 Å². The van der Waals surface area contributed by atoms with E-state index in [1.54, 1.807) is 38.1 Å². The second kappa shape index (κ2) is 13.4. The second-order valence-electron chi connectivity index (χ2n) is 11.1. The van der Waals surface area contributed by atoms with Crippen LogP contribution < -0.4 is 15.0 Å². The molecule has 1 N–H and O–H groups in total. The molecule has 9 heteroatoms. The molecular formula is C35H37N3O5S. The SMILES string of the molecule is Cc1cc(C)c(S(=O)(=O)N(CC(=O)N2C[C@@H](C(=O)NCCc3ccccc3)Oc3ccccc32)Cc2ccccc2)c(C)c1. The van der Waals surface area contributed by atoms with E-state index in [0.29, 0.717) is 35.5 Å². The quantitative estimate of drug-likeness (QED) is 0.274. The first-order valence-electron chi connectivity index (χ1n) is 14.6. The number of nitrogens with zero attached hydrogens (tertiary/aromatic N) is 2. The number of ether oxygens (including phenoxy) is 1. The smallest absolute Gasteiger partial charge is 0.262 e. The fourth-order valence-electron chi connectivity index (χ4n) is 5.65. The van der Waals surface area contributed by atoms with E-state index in [4.69, 9.17) is 4.74 Å². The summed E-state index contributed by atoms with van der Waals surface area (Å²) in [6, 6.07) is 29.7. The highest BCUT2D eigenvalue weighted by molar-refractivity contribution is 7.89. The Morgan fingerprint density at radius 2 is 1.45 bits per heavy atom. The summed E-state index contributed by atoms with van der Waals surface area (Å²) < 4.78 is 35.7. The molecule has 0 fully saturated rings. The molecule has 0 spiro atoms. The van der Waals surface area contributed by atoms with Crippen LogP contribution in [0.5, 0.6) is 5.75 Å². The van der Waals surface area contributed by atoms with E-state index in [1.165, 1.54) is 9.21 Å². The van der Waals surface area contributed by atoms with Gasteiger partial charge in [-0.2, -0.15) is 4.31 Å². The number of para-hydroxylation sites is 2. The third-order valence-electron chi connectivity index (χ3n) is 7.64. The lowest BCUT2D eigenvalue weighted by Crippen LogP contribution is -2.53. The number of hydrogen-bond donors (Lipinski definition) is 1. The molecule has 1 aliphatic rings. The fraction of sp³-hybridized carbons (Fsp3) is 0.257. The molecule has 44 heavy (non-hydrogen) atoms. The standard InChI is InChI=1S/C35H37N3O5S/c1-25-20-26(2)34(27(3)21-25)44(41,42)37(22-29-14-8-5-9-15-29)24-33(39)38-23-32(43-31-17-11-10-16-30(31)38)35(40)36-19-18-28-12-6-4-7-13-28/h4-17,20-21,32H,18-19,22-24H2,1-3H3,(H,36,40)/t32-/m0/s1. The molecule has 4 aromatic rings. The van der Waals surface area contributed by atoms with Crippen LogP contribution in [0.1, 0.15) is 27.8 Å². The molecule has 0 bridgehead atoms. The van der Waals surface area contributed by atoms with Crippen molar-refractivity contribution >= 4 is 27.5 Å². The maximum atomic E-state index is 14.2. The zero-order chi connectivity index (χ0) is 31.3. The van der Waals surface area contributed by atoms with Crippen LogP contribution in [0, 0.1) is 20.8 Å². The monoisotopic (exact) mass is 611 g/mol. The summed E-state index contributed by atoms with van der Waals surface area (Å²) >= 11 is 0. The van der Waals surface area contributed by atoms with Gasteiger partial charge >= 0.3 is 0 Å². The average molecular weight is 612 g/mol. The van der Waals surface area contributed by atoms with Crippen molar-refractivity contribution in [1.82, 2.24) is 9.62 Å². The third-order valence-corrected chi connectivity index (χ3v) is 9.74. The van der Waals surface area contributed by atoms with Gasteiger partial charge in [-0.1, -0.05) is 90.5 Å². The number of aryl methyl sites for hydroxylation is 3. The van der Waals surface area contributed by atoms with Crippen molar-refractivity contribution in [2.75, 3.05) is 24.5 Å². The number of carbonyl (C=O) groups excluding carboxylic acids is 2. The number of fused-ring (bicyclic) bond motifs is 1. The Morgan fingerprint density at radius 1 is 0.864 bits per heavy atom. The van der Waals surface area contributed by atoms with Gasteiger partial charge in [0, 0.05) is 13.1 Å². The molecule has 1 heterocycles. The molecule has 2 amide bonds. The summed E-state index contributed by atoms with van der Waals surface area (Å²) in [6.45, 7) is 5.43. The second-order valence-corrected chi connectivity index (χ2v) is 13.0. The molecule has 0 aliphatic carbocycles. The van der Waals surface area contributed by atoms with Crippen LogP contribution in [0.2, 0.25) is 0 Å². The van der Waals surface area contributed by atoms with E-state index in [2.05, 4.69) is 5.32 Å². The van der Waals surface area contributed by atoms with Crippen LogP contribution in [0.15, 0.2) is 102 Å². The van der Waals surface area contributed by atoms with E-state index >= 15 is 0 Å². The lowest BCUT2D eigenvalue weighted by atomic mass is 10.1. The number of carbonyl (C=O) groups is 2. The first kappa shape index (κ1) is 31.0. The number of anilines is 1. The first-order valence-corrected chi connectivity index (χ1v) is 16.1. The molecule has 4 aromatic carbocycles. The predicted octanol–water partition coefficient (Wildman–Crippen LogP) is 4.96. The highest BCUT2D eigenvalue weighted by Crippen LogP contribution is 2.34. The number of sulfonamides is 1. The van der Waals surface area contributed by atoms with Gasteiger partial charge in [0.15, 0.2) is 6.10 Å². The minimum atomic E-state index is -4.08. The van der Waals surface area contributed by atoms with E-state index < -0.39 is 28.6 Å². The van der Waals surface area contributed by atoms with E-state index in [0.717, 1.165) is 16.7 Å². The molecule has 228 valence electrons.